The highest BCUT2D eigenvalue weighted by Crippen LogP contribution is 2.26. The van der Waals surface area contributed by atoms with E-state index in [1.54, 1.807) is 54.6 Å². The Morgan fingerprint density at radius 2 is 1.31 bits per heavy atom. The zero-order valence-corrected chi connectivity index (χ0v) is 23.5. The monoisotopic (exact) mass is 583 g/mol. The quantitative estimate of drug-likeness (QED) is 0.267. The van der Waals surface area contributed by atoms with Gasteiger partial charge in [-0.15, -0.1) is 0 Å². The lowest BCUT2D eigenvalue weighted by atomic mass is 10.1. The van der Waals surface area contributed by atoms with Crippen LogP contribution in [0, 0.1) is 13.8 Å². The zero-order chi connectivity index (χ0) is 28.2. The fourth-order valence-corrected chi connectivity index (χ4v) is 6.52. The third-order valence-corrected chi connectivity index (χ3v) is 9.09. The van der Waals surface area contributed by atoms with Crippen LogP contribution in [0.25, 0.3) is 0 Å². The van der Waals surface area contributed by atoms with Crippen LogP contribution in [-0.2, 0) is 24.8 Å². The maximum Gasteiger partial charge on any atom is 0.264 e. The van der Waals surface area contributed by atoms with Crippen LogP contribution in [0.1, 0.15) is 11.1 Å². The molecule has 0 bridgehead atoms. The van der Waals surface area contributed by atoms with Crippen LogP contribution in [0.2, 0.25) is 5.02 Å². The highest BCUT2D eigenvalue weighted by atomic mass is 35.5. The molecule has 0 spiro atoms. The summed E-state index contributed by atoms with van der Waals surface area (Å²) in [5.74, 6) is -0.594. The Kier molecular flexibility index (Phi) is 8.29. The Morgan fingerprint density at radius 1 is 0.744 bits per heavy atom. The molecule has 4 aromatic carbocycles. The molecule has 39 heavy (non-hydrogen) atoms. The molecule has 0 aliphatic heterocycles. The molecular formula is C28H26ClN3O5S2. The minimum atomic E-state index is -4.06. The Balaban J connectivity index is 1.54. The molecule has 1 amide bonds. The number of carbonyl (C=O) groups is 1. The lowest BCUT2D eigenvalue weighted by Crippen LogP contribution is -2.38. The number of aryl methyl sites for hydroxylation is 2. The maximum absolute atomic E-state index is 13.5. The molecule has 2 N–H and O–H groups in total. The van der Waals surface area contributed by atoms with Gasteiger partial charge in [0.2, 0.25) is 5.91 Å². The molecule has 4 aromatic rings. The molecule has 202 valence electrons. The fourth-order valence-electron chi connectivity index (χ4n) is 3.91. The molecular weight excluding hydrogens is 558 g/mol. The van der Waals surface area contributed by atoms with Gasteiger partial charge in [-0.05, 0) is 97.8 Å². The number of benzene rings is 4. The number of anilines is 3. The standard InChI is InChI=1S/C28H26ClN3O5S2/c1-20-16-21(2)18-25(17-20)32(39(36,37)27-6-4-3-5-7-27)19-28(33)30-23-12-14-26(15-13-23)38(34,35)31-24-10-8-22(29)9-11-24/h3-18,31H,19H2,1-2H3,(H,30,33). The predicted molar refractivity (Wildman–Crippen MR) is 154 cm³/mol. The normalized spacial score (nSPS) is 11.6. The van der Waals surface area contributed by atoms with E-state index in [9.17, 15) is 21.6 Å². The van der Waals surface area contributed by atoms with Gasteiger partial charge in [0.15, 0.2) is 0 Å². The van der Waals surface area contributed by atoms with E-state index in [1.165, 1.54) is 36.4 Å². The summed E-state index contributed by atoms with van der Waals surface area (Å²) in [5, 5.41) is 3.13. The summed E-state index contributed by atoms with van der Waals surface area (Å²) >= 11 is 5.85. The summed E-state index contributed by atoms with van der Waals surface area (Å²) in [7, 11) is -7.93. The van der Waals surface area contributed by atoms with Crippen LogP contribution in [0.15, 0.2) is 107 Å². The molecule has 0 heterocycles. The average Bonchev–Trinajstić information content (AvgIpc) is 2.88. The highest BCUT2D eigenvalue weighted by Gasteiger charge is 2.27. The molecule has 0 radical (unpaired) electrons. The second-order valence-electron chi connectivity index (χ2n) is 8.86. The summed E-state index contributed by atoms with van der Waals surface area (Å²) in [4.78, 5) is 13.1. The minimum Gasteiger partial charge on any atom is -0.325 e. The molecule has 0 saturated carbocycles. The molecule has 4 rings (SSSR count). The molecule has 0 aliphatic rings. The van der Waals surface area contributed by atoms with Crippen molar-refractivity contribution in [2.45, 2.75) is 23.6 Å². The molecule has 0 unspecified atom stereocenters. The highest BCUT2D eigenvalue weighted by molar-refractivity contribution is 7.93. The largest absolute Gasteiger partial charge is 0.325 e. The lowest BCUT2D eigenvalue weighted by molar-refractivity contribution is -0.114. The lowest BCUT2D eigenvalue weighted by Gasteiger charge is -2.25. The van der Waals surface area contributed by atoms with Crippen LogP contribution in [0.4, 0.5) is 17.1 Å². The van der Waals surface area contributed by atoms with Crippen molar-refractivity contribution >= 4 is 54.6 Å². The molecule has 0 aliphatic carbocycles. The first-order valence-corrected chi connectivity index (χ1v) is 15.1. The van der Waals surface area contributed by atoms with Gasteiger partial charge in [-0.3, -0.25) is 13.8 Å². The van der Waals surface area contributed by atoms with E-state index in [0.717, 1.165) is 15.4 Å². The number of hydrogen-bond acceptors (Lipinski definition) is 5. The van der Waals surface area contributed by atoms with Gasteiger partial charge in [-0.2, -0.15) is 0 Å². The molecule has 0 fully saturated rings. The van der Waals surface area contributed by atoms with Crippen LogP contribution in [-0.4, -0.2) is 29.3 Å². The van der Waals surface area contributed by atoms with E-state index in [-0.39, 0.29) is 9.79 Å². The van der Waals surface area contributed by atoms with E-state index in [0.29, 0.717) is 22.1 Å². The molecule has 0 saturated heterocycles. The van der Waals surface area contributed by atoms with Gasteiger partial charge in [0.1, 0.15) is 6.54 Å². The molecule has 0 aromatic heterocycles. The summed E-state index contributed by atoms with van der Waals surface area (Å²) in [6, 6.07) is 25.0. The second-order valence-corrected chi connectivity index (χ2v) is 12.8. The maximum atomic E-state index is 13.5. The smallest absolute Gasteiger partial charge is 0.264 e. The average molecular weight is 584 g/mol. The topological polar surface area (TPSA) is 113 Å². The van der Waals surface area contributed by atoms with Crippen LogP contribution >= 0.6 is 11.6 Å². The van der Waals surface area contributed by atoms with E-state index in [4.69, 9.17) is 11.6 Å². The molecule has 8 nitrogen and oxygen atoms in total. The Labute approximate surface area is 233 Å². The first-order valence-electron chi connectivity index (χ1n) is 11.8. The van der Waals surface area contributed by atoms with Gasteiger partial charge in [0.25, 0.3) is 20.0 Å². The zero-order valence-electron chi connectivity index (χ0n) is 21.1. The molecule has 11 heteroatoms. The Hall–Kier alpha value is -3.86. The molecule has 0 atom stereocenters. The summed E-state index contributed by atoms with van der Waals surface area (Å²) in [5.41, 5.74) is 2.72. The first-order chi connectivity index (χ1) is 18.4. The van der Waals surface area contributed by atoms with Crippen LogP contribution in [0.5, 0.6) is 0 Å². The van der Waals surface area contributed by atoms with Crippen LogP contribution < -0.4 is 14.3 Å². The Morgan fingerprint density at radius 3 is 1.90 bits per heavy atom. The van der Waals surface area contributed by atoms with Crippen molar-refractivity contribution in [3.63, 3.8) is 0 Å². The van der Waals surface area contributed by atoms with E-state index < -0.39 is 32.5 Å². The van der Waals surface area contributed by atoms with Crippen molar-refractivity contribution in [1.29, 1.82) is 0 Å². The van der Waals surface area contributed by atoms with Crippen LogP contribution in [0.3, 0.4) is 0 Å². The summed E-state index contributed by atoms with van der Waals surface area (Å²) < 4.78 is 56.0. The number of hydrogen-bond donors (Lipinski definition) is 2. The van der Waals surface area contributed by atoms with Gasteiger partial charge in [0, 0.05) is 16.4 Å². The van der Waals surface area contributed by atoms with Crippen molar-refractivity contribution in [3.05, 3.63) is 113 Å². The van der Waals surface area contributed by atoms with E-state index in [1.807, 2.05) is 19.9 Å². The number of halogens is 1. The van der Waals surface area contributed by atoms with Gasteiger partial charge < -0.3 is 5.32 Å². The van der Waals surface area contributed by atoms with Crippen molar-refractivity contribution in [1.82, 2.24) is 0 Å². The van der Waals surface area contributed by atoms with Gasteiger partial charge in [-0.25, -0.2) is 16.8 Å². The first kappa shape index (κ1) is 28.2. The predicted octanol–water partition coefficient (Wildman–Crippen LogP) is 5.59. The third kappa shape index (κ3) is 6.97. The Bertz CT molecular complexity index is 1670. The van der Waals surface area contributed by atoms with E-state index >= 15 is 0 Å². The SMILES string of the molecule is Cc1cc(C)cc(N(CC(=O)Nc2ccc(S(=O)(=O)Nc3ccc(Cl)cc3)cc2)S(=O)(=O)c2ccccc2)c1. The van der Waals surface area contributed by atoms with Crippen molar-refractivity contribution < 1.29 is 21.6 Å². The number of nitrogens with one attached hydrogen (secondary N) is 2. The van der Waals surface area contributed by atoms with E-state index in [2.05, 4.69) is 10.0 Å². The number of amides is 1. The van der Waals surface area contributed by atoms with Crippen molar-refractivity contribution in [2.75, 3.05) is 20.9 Å². The fraction of sp³-hybridized carbons (Fsp3) is 0.107. The summed E-state index contributed by atoms with van der Waals surface area (Å²) in [6.07, 6.45) is 0. The van der Waals surface area contributed by atoms with Crippen molar-refractivity contribution in [2.24, 2.45) is 0 Å². The number of sulfonamides is 2. The third-order valence-electron chi connectivity index (χ3n) is 5.66. The van der Waals surface area contributed by atoms with Gasteiger partial charge >= 0.3 is 0 Å². The number of carbonyl (C=O) groups excluding carboxylic acids is 1. The number of nitrogens with zero attached hydrogens (tertiary/aromatic N) is 1. The van der Waals surface area contributed by atoms with Gasteiger partial charge in [-0.1, -0.05) is 35.9 Å². The number of rotatable bonds is 9. The van der Waals surface area contributed by atoms with Gasteiger partial charge in [0.05, 0.1) is 15.5 Å². The minimum absolute atomic E-state index is 0.0148. The summed E-state index contributed by atoms with van der Waals surface area (Å²) in [6.45, 7) is 3.21. The van der Waals surface area contributed by atoms with Crippen molar-refractivity contribution in [3.8, 4) is 0 Å². The second kappa shape index (κ2) is 11.5.